The fourth-order valence-electron chi connectivity index (χ4n) is 2.76. The van der Waals surface area contributed by atoms with Crippen molar-refractivity contribution in [2.45, 2.75) is 24.1 Å². The number of aromatic nitrogens is 2. The zero-order chi connectivity index (χ0) is 22.6. The van der Waals surface area contributed by atoms with Gasteiger partial charge in [0.15, 0.2) is 17.6 Å². The summed E-state index contributed by atoms with van der Waals surface area (Å²) >= 11 is 1.31. The summed E-state index contributed by atoms with van der Waals surface area (Å²) in [7, 11) is 4.76. The van der Waals surface area contributed by atoms with Gasteiger partial charge in [-0.25, -0.2) is 9.97 Å². The minimum atomic E-state index is -4.50. The van der Waals surface area contributed by atoms with Crippen LogP contribution >= 0.6 is 11.9 Å². The first kappa shape index (κ1) is 22.8. The van der Waals surface area contributed by atoms with E-state index in [0.717, 1.165) is 11.8 Å². The molecule has 166 valence electrons. The monoisotopic (exact) mass is 454 g/mol. The molecule has 31 heavy (non-hydrogen) atoms. The fraction of sp³-hybridized carbons (Fsp3) is 0.300. The molecule has 0 saturated heterocycles. The van der Waals surface area contributed by atoms with Gasteiger partial charge in [-0.1, -0.05) is 0 Å². The van der Waals surface area contributed by atoms with Crippen molar-refractivity contribution in [1.82, 2.24) is 14.7 Å². The van der Waals surface area contributed by atoms with Crippen molar-refractivity contribution in [3.05, 3.63) is 36.7 Å². The number of rotatable bonds is 8. The van der Waals surface area contributed by atoms with Gasteiger partial charge in [-0.15, -0.1) is 0 Å². The number of hydrogen-bond acceptors (Lipinski definition) is 8. The average Bonchev–Trinajstić information content (AvgIpc) is 2.74. The lowest BCUT2D eigenvalue weighted by molar-refractivity contribution is -0.189. The minimum Gasteiger partial charge on any atom is -0.493 e. The number of benzene rings is 2. The van der Waals surface area contributed by atoms with E-state index >= 15 is 0 Å². The molecule has 7 nitrogen and oxygen atoms in total. The third-order valence-electron chi connectivity index (χ3n) is 4.33. The van der Waals surface area contributed by atoms with Gasteiger partial charge < -0.3 is 19.5 Å². The molecule has 2 aromatic carbocycles. The van der Waals surface area contributed by atoms with Crippen LogP contribution in [0.5, 0.6) is 17.2 Å². The predicted octanol–water partition coefficient (Wildman–Crippen LogP) is 4.95. The molecular weight excluding hydrogens is 433 g/mol. The second kappa shape index (κ2) is 9.48. The molecule has 11 heteroatoms. The first-order chi connectivity index (χ1) is 14.8. The first-order valence-corrected chi connectivity index (χ1v) is 9.93. The van der Waals surface area contributed by atoms with Crippen LogP contribution in [0.25, 0.3) is 10.9 Å². The molecule has 3 rings (SSSR count). The van der Waals surface area contributed by atoms with Gasteiger partial charge in [-0.05, 0) is 50.2 Å². The van der Waals surface area contributed by atoms with Crippen LogP contribution in [0.4, 0.5) is 24.7 Å². The van der Waals surface area contributed by atoms with Gasteiger partial charge in [-0.3, -0.25) is 4.72 Å². The van der Waals surface area contributed by atoms with E-state index in [2.05, 4.69) is 20.0 Å². The summed E-state index contributed by atoms with van der Waals surface area (Å²) in [6, 6.07) is 8.21. The molecule has 0 fully saturated rings. The Bertz CT molecular complexity index is 1070. The molecule has 1 aromatic heterocycles. The number of halogens is 3. The van der Waals surface area contributed by atoms with Crippen molar-refractivity contribution < 1.29 is 27.4 Å². The second-order valence-corrected chi connectivity index (χ2v) is 7.42. The van der Waals surface area contributed by atoms with Crippen molar-refractivity contribution in [2.24, 2.45) is 0 Å². The lowest BCUT2D eigenvalue weighted by Gasteiger charge is -2.21. The van der Waals surface area contributed by atoms with Crippen LogP contribution in [0.15, 0.2) is 41.6 Å². The highest BCUT2D eigenvalue weighted by Crippen LogP contribution is 2.38. The number of ether oxygens (including phenoxy) is 3. The Morgan fingerprint density at radius 3 is 2.35 bits per heavy atom. The number of alkyl halides is 3. The summed E-state index contributed by atoms with van der Waals surface area (Å²) in [4.78, 5) is 9.27. The summed E-state index contributed by atoms with van der Waals surface area (Å²) in [5, 5.41) is 3.68. The van der Waals surface area contributed by atoms with E-state index in [1.807, 2.05) is 0 Å². The Kier molecular flexibility index (Phi) is 6.96. The highest BCUT2D eigenvalue weighted by atomic mass is 32.2. The molecule has 1 heterocycles. The number of anilines is 2. The van der Waals surface area contributed by atoms with E-state index in [4.69, 9.17) is 14.2 Å². The third kappa shape index (κ3) is 5.23. The Morgan fingerprint density at radius 2 is 1.71 bits per heavy atom. The van der Waals surface area contributed by atoms with Crippen molar-refractivity contribution >= 4 is 34.4 Å². The van der Waals surface area contributed by atoms with Gasteiger partial charge >= 0.3 is 6.18 Å². The lowest BCUT2D eigenvalue weighted by atomic mass is 10.2. The quantitative estimate of drug-likeness (QED) is 0.463. The lowest BCUT2D eigenvalue weighted by Crippen LogP contribution is -2.31. The van der Waals surface area contributed by atoms with Crippen LogP contribution in [0.3, 0.4) is 0 Å². The predicted molar refractivity (Wildman–Crippen MR) is 113 cm³/mol. The first-order valence-electron chi connectivity index (χ1n) is 9.11. The molecule has 0 saturated carbocycles. The molecule has 0 amide bonds. The summed E-state index contributed by atoms with van der Waals surface area (Å²) in [6.07, 6.45) is -5.13. The molecule has 1 atom stereocenters. The maximum Gasteiger partial charge on any atom is 0.425 e. The minimum absolute atomic E-state index is 0.0394. The summed E-state index contributed by atoms with van der Waals surface area (Å²) < 4.78 is 57.9. The van der Waals surface area contributed by atoms with E-state index in [9.17, 15) is 13.2 Å². The Hall–Kier alpha value is -2.92. The average molecular weight is 454 g/mol. The molecule has 0 radical (unpaired) electrons. The largest absolute Gasteiger partial charge is 0.493 e. The maximum atomic E-state index is 13.1. The van der Waals surface area contributed by atoms with Gasteiger partial charge in [0.2, 0.25) is 0 Å². The number of methoxy groups -OCH3 is 2. The van der Waals surface area contributed by atoms with Gasteiger partial charge in [0.05, 0.1) is 25.4 Å². The zero-order valence-corrected chi connectivity index (χ0v) is 18.0. The highest BCUT2D eigenvalue weighted by molar-refractivity contribution is 7.97. The molecule has 0 aliphatic heterocycles. The fourth-order valence-corrected chi connectivity index (χ4v) is 3.31. The molecular formula is C20H21F3N4O3S. The standard InChI is InChI=1S/C20H21F3N4O3S/c1-11(20(21,22)23)30-16-6-5-12(31-24-2)7-15(16)27-19-13-8-17(28-3)18(29-4)9-14(13)25-10-26-19/h5-11,24H,1-4H3,(H,25,26,27). The second-order valence-electron chi connectivity index (χ2n) is 6.34. The number of hydrogen-bond donors (Lipinski definition) is 2. The van der Waals surface area contributed by atoms with E-state index in [-0.39, 0.29) is 5.75 Å². The molecule has 3 aromatic rings. The van der Waals surface area contributed by atoms with Crippen LogP contribution in [0.1, 0.15) is 6.92 Å². The number of nitrogens with zero attached hydrogens (tertiary/aromatic N) is 2. The third-order valence-corrected chi connectivity index (χ3v) is 5.02. The van der Waals surface area contributed by atoms with Crippen LogP contribution in [0, 0.1) is 0 Å². The number of fused-ring (bicyclic) bond motifs is 1. The maximum absolute atomic E-state index is 13.1. The summed E-state index contributed by atoms with van der Waals surface area (Å²) in [6.45, 7) is 0.956. The van der Waals surface area contributed by atoms with Gasteiger partial charge in [0, 0.05) is 16.3 Å². The normalized spacial score (nSPS) is 12.5. The number of nitrogens with one attached hydrogen (secondary N) is 2. The smallest absolute Gasteiger partial charge is 0.425 e. The van der Waals surface area contributed by atoms with Crippen molar-refractivity contribution in [3.63, 3.8) is 0 Å². The van der Waals surface area contributed by atoms with Gasteiger partial charge in [0.1, 0.15) is 17.9 Å². The molecule has 0 aliphatic rings. The van der Waals surface area contributed by atoms with E-state index in [0.29, 0.717) is 33.9 Å². The van der Waals surface area contributed by atoms with Crippen molar-refractivity contribution in [1.29, 1.82) is 0 Å². The molecule has 0 bridgehead atoms. The summed E-state index contributed by atoms with van der Waals surface area (Å²) in [5.41, 5.74) is 0.896. The Balaban J connectivity index is 2.06. The van der Waals surface area contributed by atoms with Crippen LogP contribution in [0.2, 0.25) is 0 Å². The Morgan fingerprint density at radius 1 is 1.00 bits per heavy atom. The SMILES string of the molecule is CNSc1ccc(OC(C)C(F)(F)F)c(Nc2ncnc3cc(OC)c(OC)cc23)c1. The van der Waals surface area contributed by atoms with Crippen LogP contribution in [-0.2, 0) is 0 Å². The van der Waals surface area contributed by atoms with Gasteiger partial charge in [-0.2, -0.15) is 13.2 Å². The molecule has 2 N–H and O–H groups in total. The van der Waals surface area contributed by atoms with E-state index < -0.39 is 12.3 Å². The van der Waals surface area contributed by atoms with Crippen LogP contribution < -0.4 is 24.2 Å². The van der Waals surface area contributed by atoms with E-state index in [1.165, 1.54) is 38.6 Å². The highest BCUT2D eigenvalue weighted by Gasteiger charge is 2.38. The van der Waals surface area contributed by atoms with Crippen molar-refractivity contribution in [2.75, 3.05) is 26.6 Å². The topological polar surface area (TPSA) is 77.5 Å². The molecule has 0 aliphatic carbocycles. The van der Waals surface area contributed by atoms with Crippen molar-refractivity contribution in [3.8, 4) is 17.2 Å². The Labute approximate surface area is 181 Å². The van der Waals surface area contributed by atoms with Crippen LogP contribution in [-0.4, -0.2) is 43.5 Å². The molecule has 1 unspecified atom stereocenters. The molecule has 0 spiro atoms. The van der Waals surface area contributed by atoms with Gasteiger partial charge in [0.25, 0.3) is 0 Å². The summed E-state index contributed by atoms with van der Waals surface area (Å²) in [5.74, 6) is 1.38. The zero-order valence-electron chi connectivity index (χ0n) is 17.2. The van der Waals surface area contributed by atoms with E-state index in [1.54, 1.807) is 31.3 Å².